The number of hydrogen-bond acceptors (Lipinski definition) is 3. The van der Waals surface area contributed by atoms with E-state index in [4.69, 9.17) is 4.74 Å². The summed E-state index contributed by atoms with van der Waals surface area (Å²) in [6, 6.07) is 8.45. The van der Waals surface area contributed by atoms with E-state index < -0.39 is 5.54 Å². The summed E-state index contributed by atoms with van der Waals surface area (Å²) in [6.45, 7) is 4.33. The second kappa shape index (κ2) is 5.24. The zero-order chi connectivity index (χ0) is 13.0. The van der Waals surface area contributed by atoms with E-state index in [2.05, 4.69) is 24.0 Å². The van der Waals surface area contributed by atoms with Gasteiger partial charge in [-0.25, -0.2) is 0 Å². The minimum absolute atomic E-state index is 0.601. The largest absolute Gasteiger partial charge is 0.497 e. The van der Waals surface area contributed by atoms with E-state index >= 15 is 0 Å². The van der Waals surface area contributed by atoms with Crippen molar-refractivity contribution in [3.8, 4) is 11.8 Å². The normalized spacial score (nSPS) is 21.8. The van der Waals surface area contributed by atoms with Gasteiger partial charge in [0.15, 0.2) is 0 Å². The van der Waals surface area contributed by atoms with Gasteiger partial charge in [-0.15, -0.1) is 6.58 Å². The van der Waals surface area contributed by atoms with Crippen LogP contribution in [0.3, 0.4) is 0 Å². The number of fused-ring (bicyclic) bond motifs is 1. The van der Waals surface area contributed by atoms with Crippen molar-refractivity contribution >= 4 is 0 Å². The molecule has 18 heavy (non-hydrogen) atoms. The fourth-order valence-corrected chi connectivity index (χ4v) is 2.56. The molecule has 0 radical (unpaired) electrons. The summed E-state index contributed by atoms with van der Waals surface area (Å²) >= 11 is 0. The maximum atomic E-state index is 9.59. The summed E-state index contributed by atoms with van der Waals surface area (Å²) in [7, 11) is 1.65. The van der Waals surface area contributed by atoms with Gasteiger partial charge in [0, 0.05) is 6.54 Å². The molecule has 1 atom stereocenters. The van der Waals surface area contributed by atoms with Crippen molar-refractivity contribution in [2.45, 2.75) is 24.8 Å². The fourth-order valence-electron chi connectivity index (χ4n) is 2.56. The number of rotatable bonds is 4. The van der Waals surface area contributed by atoms with Crippen molar-refractivity contribution < 1.29 is 4.74 Å². The lowest BCUT2D eigenvalue weighted by atomic mass is 9.77. The minimum Gasteiger partial charge on any atom is -0.497 e. The Morgan fingerprint density at radius 2 is 2.44 bits per heavy atom. The number of ether oxygens (including phenoxy) is 1. The third-order valence-electron chi connectivity index (χ3n) is 3.51. The maximum Gasteiger partial charge on any atom is 0.132 e. The second-order valence-electron chi connectivity index (χ2n) is 4.56. The molecular weight excluding hydrogens is 224 g/mol. The third-order valence-corrected chi connectivity index (χ3v) is 3.51. The van der Waals surface area contributed by atoms with E-state index in [0.29, 0.717) is 6.54 Å². The Labute approximate surface area is 108 Å². The average molecular weight is 242 g/mol. The minimum atomic E-state index is -0.601. The summed E-state index contributed by atoms with van der Waals surface area (Å²) in [4.78, 5) is 0. The first-order valence-corrected chi connectivity index (χ1v) is 6.20. The van der Waals surface area contributed by atoms with Crippen LogP contribution in [0.1, 0.15) is 24.0 Å². The van der Waals surface area contributed by atoms with E-state index in [9.17, 15) is 5.26 Å². The summed E-state index contributed by atoms with van der Waals surface area (Å²) in [5.74, 6) is 0.802. The van der Waals surface area contributed by atoms with Gasteiger partial charge in [0.1, 0.15) is 11.3 Å². The molecule has 1 aromatic carbocycles. The Morgan fingerprint density at radius 1 is 1.61 bits per heavy atom. The lowest BCUT2D eigenvalue weighted by Crippen LogP contribution is -2.43. The summed E-state index contributed by atoms with van der Waals surface area (Å²) in [5.41, 5.74) is 1.69. The Bertz CT molecular complexity index is 490. The molecule has 1 N–H and O–H groups in total. The molecule has 0 saturated carbocycles. The third kappa shape index (κ3) is 2.12. The van der Waals surface area contributed by atoms with Crippen LogP contribution in [0.5, 0.6) is 5.75 Å². The summed E-state index contributed by atoms with van der Waals surface area (Å²) in [6.07, 6.45) is 4.67. The van der Waals surface area contributed by atoms with E-state index in [1.807, 2.05) is 12.1 Å². The van der Waals surface area contributed by atoms with Gasteiger partial charge in [0.05, 0.1) is 13.2 Å². The highest BCUT2D eigenvalue weighted by Gasteiger charge is 2.36. The van der Waals surface area contributed by atoms with Gasteiger partial charge in [-0.05, 0) is 42.5 Å². The predicted octanol–water partition coefficient (Wildman–Crippen LogP) is 2.53. The molecule has 0 bridgehead atoms. The average Bonchev–Trinajstić information content (AvgIpc) is 2.44. The monoisotopic (exact) mass is 242 g/mol. The van der Waals surface area contributed by atoms with Crippen LogP contribution in [0, 0.1) is 11.3 Å². The molecular formula is C15H18N2O. The highest BCUT2D eigenvalue weighted by Crippen LogP contribution is 2.36. The molecule has 0 fully saturated rings. The highest BCUT2D eigenvalue weighted by atomic mass is 16.5. The molecule has 0 saturated heterocycles. The van der Waals surface area contributed by atoms with E-state index in [-0.39, 0.29) is 0 Å². The van der Waals surface area contributed by atoms with Gasteiger partial charge in [-0.3, -0.25) is 5.32 Å². The summed E-state index contributed by atoms with van der Waals surface area (Å²) < 4.78 is 5.27. The van der Waals surface area contributed by atoms with Crippen molar-refractivity contribution in [1.29, 1.82) is 5.26 Å². The smallest absolute Gasteiger partial charge is 0.132 e. The first-order chi connectivity index (χ1) is 8.75. The van der Waals surface area contributed by atoms with Crippen molar-refractivity contribution in [2.75, 3.05) is 13.7 Å². The lowest BCUT2D eigenvalue weighted by Gasteiger charge is -2.34. The number of methoxy groups -OCH3 is 1. The van der Waals surface area contributed by atoms with Gasteiger partial charge in [-0.2, -0.15) is 5.26 Å². The van der Waals surface area contributed by atoms with Crippen LogP contribution in [0.15, 0.2) is 30.9 Å². The van der Waals surface area contributed by atoms with Gasteiger partial charge in [0.25, 0.3) is 0 Å². The summed E-state index contributed by atoms with van der Waals surface area (Å²) in [5, 5.41) is 12.9. The predicted molar refractivity (Wildman–Crippen MR) is 71.4 cm³/mol. The van der Waals surface area contributed by atoms with Crippen molar-refractivity contribution in [3.05, 3.63) is 42.0 Å². The molecule has 0 aliphatic heterocycles. The molecule has 1 aliphatic carbocycles. The highest BCUT2D eigenvalue weighted by molar-refractivity contribution is 5.45. The topological polar surface area (TPSA) is 45.0 Å². The van der Waals surface area contributed by atoms with Gasteiger partial charge in [-0.1, -0.05) is 12.1 Å². The lowest BCUT2D eigenvalue weighted by molar-refractivity contribution is 0.374. The van der Waals surface area contributed by atoms with E-state index in [0.717, 1.165) is 30.6 Å². The first-order valence-electron chi connectivity index (χ1n) is 6.20. The number of nitrogens with zero attached hydrogens (tertiary/aromatic N) is 1. The van der Waals surface area contributed by atoms with Gasteiger partial charge < -0.3 is 4.74 Å². The first kappa shape index (κ1) is 12.7. The van der Waals surface area contributed by atoms with Gasteiger partial charge >= 0.3 is 0 Å². The van der Waals surface area contributed by atoms with Crippen molar-refractivity contribution in [3.63, 3.8) is 0 Å². The molecule has 0 amide bonds. The number of hydrogen-bond donors (Lipinski definition) is 1. The Balaban J connectivity index is 2.46. The Kier molecular flexibility index (Phi) is 3.69. The van der Waals surface area contributed by atoms with Crippen LogP contribution < -0.4 is 10.1 Å². The molecule has 1 aliphatic rings. The standard InChI is InChI=1S/C15H18N2O/c1-3-9-17-15(11-16)8-4-5-12-6-7-13(18-2)10-14(12)15/h3,6-7,10,17H,1,4-5,8-9H2,2H3. The van der Waals surface area contributed by atoms with Crippen molar-refractivity contribution in [2.24, 2.45) is 0 Å². The van der Waals surface area contributed by atoms with E-state index in [1.54, 1.807) is 13.2 Å². The quantitative estimate of drug-likeness (QED) is 0.825. The molecule has 0 aromatic heterocycles. The van der Waals surface area contributed by atoms with Gasteiger partial charge in [0.2, 0.25) is 0 Å². The van der Waals surface area contributed by atoms with Crippen LogP contribution in [0.4, 0.5) is 0 Å². The van der Waals surface area contributed by atoms with Crippen LogP contribution in [-0.2, 0) is 12.0 Å². The van der Waals surface area contributed by atoms with Crippen LogP contribution in [-0.4, -0.2) is 13.7 Å². The van der Waals surface area contributed by atoms with Crippen LogP contribution in [0.25, 0.3) is 0 Å². The zero-order valence-corrected chi connectivity index (χ0v) is 10.7. The number of benzene rings is 1. The molecule has 3 nitrogen and oxygen atoms in total. The molecule has 3 heteroatoms. The molecule has 94 valence electrons. The SMILES string of the molecule is C=CCNC1(C#N)CCCc2ccc(OC)cc21. The van der Waals surface area contributed by atoms with Crippen LogP contribution in [0.2, 0.25) is 0 Å². The zero-order valence-electron chi connectivity index (χ0n) is 10.7. The molecule has 0 spiro atoms. The Hall–Kier alpha value is -1.79. The van der Waals surface area contributed by atoms with E-state index in [1.165, 1.54) is 5.56 Å². The number of aryl methyl sites for hydroxylation is 1. The molecule has 1 unspecified atom stereocenters. The molecule has 0 heterocycles. The number of nitrogens with one attached hydrogen (secondary N) is 1. The second-order valence-corrected chi connectivity index (χ2v) is 4.56. The maximum absolute atomic E-state index is 9.59. The Morgan fingerprint density at radius 3 is 3.11 bits per heavy atom. The molecule has 1 aromatic rings. The number of nitriles is 1. The fraction of sp³-hybridized carbons (Fsp3) is 0.400. The van der Waals surface area contributed by atoms with Crippen molar-refractivity contribution in [1.82, 2.24) is 5.32 Å². The molecule has 2 rings (SSSR count). The van der Waals surface area contributed by atoms with Crippen LogP contribution >= 0.6 is 0 Å².